The second kappa shape index (κ2) is 11.7. The van der Waals surface area contributed by atoms with Crippen LogP contribution in [-0.4, -0.2) is 42.7 Å². The Bertz CT molecular complexity index is 1300. The first-order valence-corrected chi connectivity index (χ1v) is 12.8. The van der Waals surface area contributed by atoms with Crippen LogP contribution < -0.4 is 16.4 Å². The van der Waals surface area contributed by atoms with Gasteiger partial charge in [-0.1, -0.05) is 24.9 Å². The molecule has 1 fully saturated rings. The van der Waals surface area contributed by atoms with Gasteiger partial charge >= 0.3 is 0 Å². The number of carbonyl (C=O) groups excluding carboxylic acids is 1. The third-order valence-electron chi connectivity index (χ3n) is 6.53. The van der Waals surface area contributed by atoms with Gasteiger partial charge in [0.15, 0.2) is 5.65 Å². The molecule has 2 aromatic heterocycles. The molecular formula is C25H30ClFN8O2. The summed E-state index contributed by atoms with van der Waals surface area (Å²) in [5.74, 6) is -0.444. The highest BCUT2D eigenvalue weighted by Gasteiger charge is 2.25. The number of amides is 1. The topological polar surface area (TPSA) is 155 Å². The summed E-state index contributed by atoms with van der Waals surface area (Å²) in [4.78, 5) is 25.4. The highest BCUT2D eigenvalue weighted by molar-refractivity contribution is 6.33. The zero-order valence-electron chi connectivity index (χ0n) is 20.5. The van der Waals surface area contributed by atoms with Crippen LogP contribution in [0.5, 0.6) is 0 Å². The van der Waals surface area contributed by atoms with Crippen LogP contribution >= 0.6 is 11.6 Å². The minimum atomic E-state index is -0.698. The van der Waals surface area contributed by atoms with E-state index in [0.717, 1.165) is 31.7 Å². The lowest BCUT2D eigenvalue weighted by molar-refractivity contribution is -0.118. The number of imidazole rings is 1. The second-order valence-electron chi connectivity index (χ2n) is 9.37. The van der Waals surface area contributed by atoms with Gasteiger partial charge in [0.05, 0.1) is 34.6 Å². The summed E-state index contributed by atoms with van der Waals surface area (Å²) in [5.41, 5.74) is 6.50. The standard InChI is InChI=1S/C25H30ClFN8O2/c1-2-4-16(7-8-21(29)37)35-23-20(13-30-24(34-23)31-15-5-3-6-17(36)11-15)32-25(35)33-22-18(26)9-14(12-28)10-19(22)27/h9-10,13,15-17,36H,2-8,11H2,1H3,(H2,29,37)(H,32,33)(H,30,31,34)/t15-,16+,17+/m0/s1. The first kappa shape index (κ1) is 26.6. The van der Waals surface area contributed by atoms with Gasteiger partial charge in [0.25, 0.3) is 0 Å². The molecule has 3 aromatic rings. The van der Waals surface area contributed by atoms with Crippen molar-refractivity contribution >= 4 is 46.3 Å². The lowest BCUT2D eigenvalue weighted by atomic mass is 9.93. The van der Waals surface area contributed by atoms with E-state index >= 15 is 0 Å². The lowest BCUT2D eigenvalue weighted by Crippen LogP contribution is -2.30. The molecule has 12 heteroatoms. The molecule has 4 rings (SSSR count). The highest BCUT2D eigenvalue weighted by Crippen LogP contribution is 2.34. The Hall–Kier alpha value is -3.49. The van der Waals surface area contributed by atoms with Crippen molar-refractivity contribution in [2.75, 3.05) is 10.6 Å². The number of aliphatic hydroxyl groups is 1. The fraction of sp³-hybridized carbons (Fsp3) is 0.480. The summed E-state index contributed by atoms with van der Waals surface area (Å²) < 4.78 is 16.7. The van der Waals surface area contributed by atoms with Crippen LogP contribution in [0.1, 0.15) is 69.9 Å². The van der Waals surface area contributed by atoms with E-state index in [4.69, 9.17) is 27.6 Å². The van der Waals surface area contributed by atoms with Gasteiger partial charge in [-0.15, -0.1) is 0 Å². The van der Waals surface area contributed by atoms with Crippen molar-refractivity contribution in [2.24, 2.45) is 5.73 Å². The van der Waals surface area contributed by atoms with E-state index in [1.807, 2.05) is 17.6 Å². The van der Waals surface area contributed by atoms with E-state index < -0.39 is 11.7 Å². The molecule has 2 heterocycles. The molecule has 1 amide bonds. The fourth-order valence-corrected chi connectivity index (χ4v) is 5.04. The summed E-state index contributed by atoms with van der Waals surface area (Å²) in [5, 5.41) is 25.5. The van der Waals surface area contributed by atoms with Gasteiger partial charge in [0, 0.05) is 18.5 Å². The number of carbonyl (C=O) groups is 1. The van der Waals surface area contributed by atoms with Crippen molar-refractivity contribution in [1.82, 2.24) is 19.5 Å². The molecule has 1 aliphatic rings. The molecule has 0 unspecified atom stereocenters. The van der Waals surface area contributed by atoms with Gasteiger partial charge in [-0.25, -0.2) is 14.4 Å². The second-order valence-corrected chi connectivity index (χ2v) is 9.78. The van der Waals surface area contributed by atoms with Gasteiger partial charge in [0.2, 0.25) is 17.8 Å². The lowest BCUT2D eigenvalue weighted by Gasteiger charge is -2.26. The molecule has 1 aliphatic carbocycles. The van der Waals surface area contributed by atoms with E-state index in [1.165, 1.54) is 6.07 Å². The number of fused-ring (bicyclic) bond motifs is 1. The maximum atomic E-state index is 14.9. The number of nitrogens with one attached hydrogen (secondary N) is 2. The van der Waals surface area contributed by atoms with Crippen LogP contribution in [-0.2, 0) is 4.79 Å². The molecular weight excluding hydrogens is 499 g/mol. The average molecular weight is 529 g/mol. The van der Waals surface area contributed by atoms with Gasteiger partial charge in [-0.05, 0) is 50.7 Å². The molecule has 0 saturated heterocycles. The number of anilines is 3. The molecule has 1 saturated carbocycles. The molecule has 0 spiro atoms. The van der Waals surface area contributed by atoms with Crippen molar-refractivity contribution in [3.8, 4) is 6.07 Å². The number of primary amides is 1. The van der Waals surface area contributed by atoms with E-state index in [9.17, 15) is 14.3 Å². The SMILES string of the molecule is CCC[C@H](CCC(N)=O)n1c(Nc2c(F)cc(C#N)cc2Cl)nc2cnc(N[C@H]3CCC[C@@H](O)C3)nc21. The fourth-order valence-electron chi connectivity index (χ4n) is 4.79. The zero-order valence-corrected chi connectivity index (χ0v) is 21.3. The summed E-state index contributed by atoms with van der Waals surface area (Å²) >= 11 is 6.29. The van der Waals surface area contributed by atoms with Gasteiger partial charge in [-0.3, -0.25) is 9.36 Å². The molecule has 0 bridgehead atoms. The van der Waals surface area contributed by atoms with Crippen molar-refractivity contribution < 1.29 is 14.3 Å². The molecule has 3 atom stereocenters. The van der Waals surface area contributed by atoms with Crippen LogP contribution in [0, 0.1) is 17.1 Å². The molecule has 5 N–H and O–H groups in total. The van der Waals surface area contributed by atoms with Gasteiger partial charge in [-0.2, -0.15) is 10.2 Å². The predicted molar refractivity (Wildman–Crippen MR) is 139 cm³/mol. The Kier molecular flexibility index (Phi) is 8.41. The number of aromatic nitrogens is 4. The Morgan fingerprint density at radius 2 is 2.19 bits per heavy atom. The number of benzene rings is 1. The average Bonchev–Trinajstić information content (AvgIpc) is 3.21. The quantitative estimate of drug-likeness (QED) is 0.298. The molecule has 37 heavy (non-hydrogen) atoms. The van der Waals surface area contributed by atoms with Crippen molar-refractivity contribution in [3.05, 3.63) is 34.7 Å². The van der Waals surface area contributed by atoms with Crippen LogP contribution in [0.3, 0.4) is 0 Å². The Labute approximate surface area is 219 Å². The van der Waals surface area contributed by atoms with E-state index in [-0.39, 0.29) is 46.8 Å². The largest absolute Gasteiger partial charge is 0.393 e. The van der Waals surface area contributed by atoms with Gasteiger partial charge in [0.1, 0.15) is 11.3 Å². The summed E-state index contributed by atoms with van der Waals surface area (Å²) in [6, 6.07) is 4.17. The number of hydrogen-bond donors (Lipinski definition) is 4. The minimum absolute atomic E-state index is 0.0233. The monoisotopic (exact) mass is 528 g/mol. The number of rotatable bonds is 10. The summed E-state index contributed by atoms with van der Waals surface area (Å²) in [7, 11) is 0. The van der Waals surface area contributed by atoms with E-state index in [0.29, 0.717) is 36.4 Å². The Morgan fingerprint density at radius 1 is 1.38 bits per heavy atom. The molecule has 0 aliphatic heterocycles. The van der Waals surface area contributed by atoms with Crippen LogP contribution in [0.4, 0.5) is 22.0 Å². The number of aliphatic hydroxyl groups excluding tert-OH is 1. The first-order valence-electron chi connectivity index (χ1n) is 12.4. The number of hydrogen-bond acceptors (Lipinski definition) is 8. The first-order chi connectivity index (χ1) is 17.8. The molecule has 10 nitrogen and oxygen atoms in total. The maximum absolute atomic E-state index is 14.9. The van der Waals surface area contributed by atoms with E-state index in [1.54, 1.807) is 6.20 Å². The van der Waals surface area contributed by atoms with Crippen LogP contribution in [0.15, 0.2) is 18.3 Å². The van der Waals surface area contributed by atoms with Gasteiger partial charge < -0.3 is 21.5 Å². The van der Waals surface area contributed by atoms with Crippen molar-refractivity contribution in [2.45, 2.75) is 76.5 Å². The zero-order chi connectivity index (χ0) is 26.5. The Balaban J connectivity index is 1.77. The predicted octanol–water partition coefficient (Wildman–Crippen LogP) is 4.56. The smallest absolute Gasteiger partial charge is 0.224 e. The summed E-state index contributed by atoms with van der Waals surface area (Å²) in [6.07, 6.45) is 6.54. The number of nitrogens with two attached hydrogens (primary N) is 1. The third-order valence-corrected chi connectivity index (χ3v) is 6.83. The summed E-state index contributed by atoms with van der Waals surface area (Å²) in [6.45, 7) is 2.02. The maximum Gasteiger partial charge on any atom is 0.224 e. The molecule has 1 aromatic carbocycles. The number of nitriles is 1. The highest BCUT2D eigenvalue weighted by atomic mass is 35.5. The van der Waals surface area contributed by atoms with Crippen molar-refractivity contribution in [3.63, 3.8) is 0 Å². The third kappa shape index (κ3) is 6.26. The van der Waals surface area contributed by atoms with Crippen LogP contribution in [0.2, 0.25) is 5.02 Å². The molecule has 0 radical (unpaired) electrons. The van der Waals surface area contributed by atoms with E-state index in [2.05, 4.69) is 20.6 Å². The van der Waals surface area contributed by atoms with Crippen LogP contribution in [0.25, 0.3) is 11.2 Å². The number of halogens is 2. The van der Waals surface area contributed by atoms with Crippen molar-refractivity contribution in [1.29, 1.82) is 5.26 Å². The number of nitrogens with zero attached hydrogens (tertiary/aromatic N) is 5. The minimum Gasteiger partial charge on any atom is -0.393 e. The molecule has 196 valence electrons. The Morgan fingerprint density at radius 3 is 2.86 bits per heavy atom. The normalized spacial score (nSPS) is 18.4.